The van der Waals surface area contributed by atoms with Crippen LogP contribution in [0.2, 0.25) is 0 Å². The van der Waals surface area contributed by atoms with E-state index in [9.17, 15) is 10.1 Å². The van der Waals surface area contributed by atoms with Crippen LogP contribution >= 0.6 is 15.9 Å². The van der Waals surface area contributed by atoms with E-state index in [1.54, 1.807) is 17.3 Å². The number of nitrogens with one attached hydrogen (secondary N) is 3. The van der Waals surface area contributed by atoms with Gasteiger partial charge in [0.15, 0.2) is 0 Å². The van der Waals surface area contributed by atoms with Gasteiger partial charge in [0.05, 0.1) is 29.9 Å². The van der Waals surface area contributed by atoms with Crippen molar-refractivity contribution >= 4 is 39.7 Å². The van der Waals surface area contributed by atoms with Crippen LogP contribution in [-0.4, -0.2) is 57.3 Å². The maximum absolute atomic E-state index is 13.3. The number of nitrogens with zero attached hydrogens (tertiary/aromatic N) is 6. The molecule has 1 saturated heterocycles. The molecule has 3 heterocycles. The van der Waals surface area contributed by atoms with E-state index in [0.29, 0.717) is 43.0 Å². The topological polar surface area (TPSA) is 141 Å². The summed E-state index contributed by atoms with van der Waals surface area (Å²) in [6.07, 6.45) is 7.98. The highest BCUT2D eigenvalue weighted by Crippen LogP contribution is 2.28. The predicted molar refractivity (Wildman–Crippen MR) is 146 cm³/mol. The zero-order valence-electron chi connectivity index (χ0n) is 20.7. The van der Waals surface area contributed by atoms with E-state index in [-0.39, 0.29) is 24.2 Å². The molecule has 0 bridgehead atoms. The first-order valence-electron chi connectivity index (χ1n) is 12.6. The number of carbonyl (C=O) groups excluding carboxylic acids is 1. The van der Waals surface area contributed by atoms with Gasteiger partial charge >= 0.3 is 6.03 Å². The molecule has 5 rings (SSSR count). The van der Waals surface area contributed by atoms with Crippen LogP contribution < -0.4 is 20.9 Å². The molecule has 0 radical (unpaired) electrons. The zero-order chi connectivity index (χ0) is 26.3. The molecule has 1 aromatic carbocycles. The molecule has 0 unspecified atom stereocenters. The highest BCUT2D eigenvalue weighted by atomic mass is 79.9. The number of rotatable bonds is 8. The van der Waals surface area contributed by atoms with Crippen molar-refractivity contribution in [3.63, 3.8) is 0 Å². The summed E-state index contributed by atoms with van der Waals surface area (Å²) in [6, 6.07) is 11.9. The molecule has 0 spiro atoms. The third kappa shape index (κ3) is 6.35. The summed E-state index contributed by atoms with van der Waals surface area (Å²) < 4.78 is 5.96. The van der Waals surface area contributed by atoms with Gasteiger partial charge in [-0.25, -0.2) is 19.7 Å². The number of nitriles is 1. The first-order valence-corrected chi connectivity index (χ1v) is 13.3. The number of benzene rings is 1. The molecule has 2 amide bonds. The van der Waals surface area contributed by atoms with Crippen LogP contribution in [0.5, 0.6) is 0 Å². The minimum absolute atomic E-state index is 0.0530. The Bertz CT molecular complexity index is 1270. The summed E-state index contributed by atoms with van der Waals surface area (Å²) in [7, 11) is 0. The summed E-state index contributed by atoms with van der Waals surface area (Å²) in [5, 5.41) is 19.1. The van der Waals surface area contributed by atoms with Crippen molar-refractivity contribution in [2.24, 2.45) is 0 Å². The zero-order valence-corrected chi connectivity index (χ0v) is 22.3. The fourth-order valence-electron chi connectivity index (χ4n) is 4.53. The van der Waals surface area contributed by atoms with Crippen molar-refractivity contribution in [3.05, 3.63) is 64.5 Å². The van der Waals surface area contributed by atoms with E-state index >= 15 is 0 Å². The number of ether oxygens (including phenoxy) is 1. The van der Waals surface area contributed by atoms with E-state index in [1.165, 1.54) is 6.20 Å². The average molecular weight is 578 g/mol. The van der Waals surface area contributed by atoms with Crippen LogP contribution in [-0.2, 0) is 11.3 Å². The fraction of sp³-hybridized carbons (Fsp3) is 0.385. The van der Waals surface area contributed by atoms with Crippen molar-refractivity contribution in [3.8, 4) is 6.07 Å². The van der Waals surface area contributed by atoms with Gasteiger partial charge in [-0.2, -0.15) is 10.2 Å². The Hall–Kier alpha value is -3.82. The van der Waals surface area contributed by atoms with Gasteiger partial charge in [-0.05, 0) is 47.2 Å². The Labute approximate surface area is 229 Å². The van der Waals surface area contributed by atoms with Crippen LogP contribution in [0.15, 0.2) is 53.4 Å². The molecule has 3 aromatic rings. The molecule has 12 heteroatoms. The molecule has 1 aliphatic heterocycles. The summed E-state index contributed by atoms with van der Waals surface area (Å²) in [5.74, 6) is 1.37. The maximum atomic E-state index is 13.3. The number of amides is 2. The molecule has 11 nitrogen and oxygen atoms in total. The molecule has 1 saturated carbocycles. The molecular weight excluding hydrogens is 550 g/mol. The molecule has 2 fully saturated rings. The van der Waals surface area contributed by atoms with E-state index in [0.717, 1.165) is 35.7 Å². The number of hydrogen-bond donors (Lipinski definition) is 3. The first-order chi connectivity index (χ1) is 18.6. The summed E-state index contributed by atoms with van der Waals surface area (Å²) >= 11 is 3.37. The smallest absolute Gasteiger partial charge is 0.324 e. The van der Waals surface area contributed by atoms with E-state index in [4.69, 9.17) is 4.74 Å². The van der Waals surface area contributed by atoms with Crippen molar-refractivity contribution in [2.75, 3.05) is 28.7 Å². The highest BCUT2D eigenvalue weighted by molar-refractivity contribution is 9.10. The lowest BCUT2D eigenvalue weighted by molar-refractivity contribution is 0.0209. The summed E-state index contributed by atoms with van der Waals surface area (Å²) in [4.78, 5) is 32.7. The molecule has 0 atom stereocenters. The number of halogens is 1. The molecule has 1 aliphatic carbocycles. The predicted octanol–water partition coefficient (Wildman–Crippen LogP) is 3.85. The van der Waals surface area contributed by atoms with Gasteiger partial charge in [-0.3, -0.25) is 4.90 Å². The van der Waals surface area contributed by atoms with Gasteiger partial charge in [0, 0.05) is 31.0 Å². The van der Waals surface area contributed by atoms with E-state index < -0.39 is 0 Å². The van der Waals surface area contributed by atoms with E-state index in [2.05, 4.69) is 57.9 Å². The third-order valence-electron chi connectivity index (χ3n) is 6.61. The number of anilines is 3. The lowest BCUT2D eigenvalue weighted by Crippen LogP contribution is -2.49. The molecule has 196 valence electrons. The number of carbonyl (C=O) groups is 1. The largest absolute Gasteiger partial charge is 0.377 e. The lowest BCUT2D eigenvalue weighted by Gasteiger charge is -2.36. The highest BCUT2D eigenvalue weighted by Gasteiger charge is 2.32. The number of urea groups is 1. The van der Waals surface area contributed by atoms with Crippen molar-refractivity contribution in [1.82, 2.24) is 25.3 Å². The Morgan fingerprint density at radius 1 is 1.03 bits per heavy atom. The summed E-state index contributed by atoms with van der Waals surface area (Å²) in [6.45, 7) is 1.61. The second-order valence-corrected chi connectivity index (χ2v) is 10.2. The third-order valence-corrected chi connectivity index (χ3v) is 7.02. The average Bonchev–Trinajstić information content (AvgIpc) is 2.92. The molecule has 3 N–H and O–H groups in total. The molecule has 2 aliphatic rings. The summed E-state index contributed by atoms with van der Waals surface area (Å²) in [5.41, 5.74) is 1.42. The van der Waals surface area contributed by atoms with Crippen molar-refractivity contribution in [1.29, 1.82) is 5.26 Å². The Balaban J connectivity index is 1.23. The van der Waals surface area contributed by atoms with Gasteiger partial charge in [0.2, 0.25) is 11.9 Å². The van der Waals surface area contributed by atoms with Crippen LogP contribution in [0.4, 0.5) is 22.5 Å². The van der Waals surface area contributed by atoms with Gasteiger partial charge in [-0.15, -0.1) is 0 Å². The first kappa shape index (κ1) is 25.8. The minimum atomic E-state index is -0.223. The SMILES string of the molecule is N#Cc1cnc(NC2CCC(N(C(=O)NCc3ccccc3)c3ncc(Br)cn3)CC2)nc1NC1COC1. The minimum Gasteiger partial charge on any atom is -0.377 e. The normalized spacial score (nSPS) is 19.1. The van der Waals surface area contributed by atoms with Crippen LogP contribution in [0.3, 0.4) is 0 Å². The van der Waals surface area contributed by atoms with Crippen LogP contribution in [0.1, 0.15) is 36.8 Å². The Morgan fingerprint density at radius 3 is 2.42 bits per heavy atom. The molecule has 2 aromatic heterocycles. The van der Waals surface area contributed by atoms with Crippen LogP contribution in [0, 0.1) is 11.3 Å². The van der Waals surface area contributed by atoms with Crippen LogP contribution in [0.25, 0.3) is 0 Å². The van der Waals surface area contributed by atoms with E-state index in [1.807, 2.05) is 30.3 Å². The Morgan fingerprint density at radius 2 is 1.76 bits per heavy atom. The van der Waals surface area contributed by atoms with Gasteiger partial charge in [-0.1, -0.05) is 30.3 Å². The monoisotopic (exact) mass is 577 g/mol. The lowest BCUT2D eigenvalue weighted by atomic mass is 9.90. The molecule has 38 heavy (non-hydrogen) atoms. The van der Waals surface area contributed by atoms with Gasteiger partial charge in [0.25, 0.3) is 0 Å². The van der Waals surface area contributed by atoms with Gasteiger partial charge in [0.1, 0.15) is 17.5 Å². The van der Waals surface area contributed by atoms with Crippen molar-refractivity contribution in [2.45, 2.75) is 50.4 Å². The maximum Gasteiger partial charge on any atom is 0.324 e. The molecular formula is C26H28BrN9O2. The van der Waals surface area contributed by atoms with Crippen molar-refractivity contribution < 1.29 is 9.53 Å². The standard InChI is InChI=1S/C26H28BrN9O2/c27-19-13-30-25(31-14-19)36(26(37)32-11-17-4-2-1-3-5-17)22-8-6-20(7-9-22)34-24-29-12-18(10-28)23(35-24)33-21-15-38-16-21/h1-5,12-14,20-22H,6-9,11,15-16H2,(H,32,37)(H2,29,33,34,35). The number of hydrogen-bond acceptors (Lipinski definition) is 9. The second-order valence-electron chi connectivity index (χ2n) is 9.31. The second kappa shape index (κ2) is 12.1. The number of aromatic nitrogens is 4. The van der Waals surface area contributed by atoms with Gasteiger partial charge < -0.3 is 20.7 Å². The Kier molecular flexibility index (Phi) is 8.25. The fourth-order valence-corrected chi connectivity index (χ4v) is 4.73. The quantitative estimate of drug-likeness (QED) is 0.364.